The number of nitrogen functional groups attached to an aromatic ring is 1. The predicted octanol–water partition coefficient (Wildman–Crippen LogP) is 3.47. The van der Waals surface area contributed by atoms with Crippen LogP contribution in [0.5, 0.6) is 0 Å². The van der Waals surface area contributed by atoms with Crippen LogP contribution in [0, 0.1) is 0 Å². The molecule has 1 unspecified atom stereocenters. The Morgan fingerprint density at radius 3 is 2.67 bits per heavy atom. The number of pyridine rings is 1. The molecule has 2 aromatic heterocycles. The van der Waals surface area contributed by atoms with Crippen LogP contribution in [0.3, 0.4) is 0 Å². The Hall–Kier alpha value is -1.20. The van der Waals surface area contributed by atoms with Crippen molar-refractivity contribution in [1.29, 1.82) is 0 Å². The molecule has 90 valence electrons. The van der Waals surface area contributed by atoms with Gasteiger partial charge in [-0.1, -0.05) is 0 Å². The second kappa shape index (κ2) is 4.82. The van der Waals surface area contributed by atoms with Crippen LogP contribution < -0.4 is 5.73 Å². The maximum atomic E-state index is 6.09. The monoisotopic (exact) mass is 368 g/mol. The summed E-state index contributed by atoms with van der Waals surface area (Å²) in [6.07, 6.45) is 5.96. The van der Waals surface area contributed by atoms with Gasteiger partial charge in [0.05, 0.1) is 18.1 Å². The Kier molecular flexibility index (Phi) is 3.18. The van der Waals surface area contributed by atoms with E-state index in [0.717, 1.165) is 27.7 Å². The zero-order chi connectivity index (χ0) is 12.5. The van der Waals surface area contributed by atoms with E-state index in [-0.39, 0.29) is 0 Å². The molecule has 0 saturated carbocycles. The lowest BCUT2D eigenvalue weighted by Crippen LogP contribution is -1.89. The average molecular weight is 368 g/mol. The molecule has 1 aromatic carbocycles. The van der Waals surface area contributed by atoms with Crippen molar-refractivity contribution >= 4 is 45.0 Å². The normalized spacial score (nSPS) is 11.6. The number of benzene rings is 1. The second-order valence-corrected chi connectivity index (χ2v) is 5.91. The van der Waals surface area contributed by atoms with E-state index in [0.29, 0.717) is 6.37 Å². The fraction of sp³-hybridized carbons (Fsp3) is 0. The van der Waals surface area contributed by atoms with Gasteiger partial charge < -0.3 is 5.73 Å². The summed E-state index contributed by atoms with van der Waals surface area (Å²) in [6.45, 7) is 0. The fourth-order valence-corrected chi connectivity index (χ4v) is 3.46. The third kappa shape index (κ3) is 1.97. The number of aromatic nitrogens is 3. The highest BCUT2D eigenvalue weighted by Crippen LogP contribution is 2.34. The summed E-state index contributed by atoms with van der Waals surface area (Å²) >= 11 is 2.31. The number of anilines is 1. The maximum absolute atomic E-state index is 6.09. The molecule has 2 heterocycles. The summed E-state index contributed by atoms with van der Waals surface area (Å²) in [5.74, 6) is 0. The maximum Gasteiger partial charge on any atom is 0.0756 e. The standard InChI is InChI=1S/C12H10IN4P/c13-18-17-12-6-9(8-1-3-15-4-2-8)5-11(14)10(12)7-16-17/h1-7,18H,14H2. The van der Waals surface area contributed by atoms with Crippen LogP contribution >= 0.6 is 28.4 Å². The summed E-state index contributed by atoms with van der Waals surface area (Å²) in [4.78, 5) is 4.03. The average Bonchev–Trinajstić information content (AvgIpc) is 2.83. The molecule has 2 N–H and O–H groups in total. The van der Waals surface area contributed by atoms with Crippen molar-refractivity contribution in [3.05, 3.63) is 42.9 Å². The third-order valence-corrected chi connectivity index (χ3v) is 4.70. The molecule has 0 aliphatic carbocycles. The Labute approximate surface area is 119 Å². The summed E-state index contributed by atoms with van der Waals surface area (Å²) in [5.41, 5.74) is 10.1. The summed E-state index contributed by atoms with van der Waals surface area (Å²) < 4.78 is 1.97. The van der Waals surface area contributed by atoms with Crippen LogP contribution in [0.1, 0.15) is 0 Å². The minimum atomic E-state index is 0.566. The van der Waals surface area contributed by atoms with E-state index in [1.54, 1.807) is 12.4 Å². The second-order valence-electron chi connectivity index (χ2n) is 3.88. The van der Waals surface area contributed by atoms with Crippen LogP contribution in [0.2, 0.25) is 0 Å². The van der Waals surface area contributed by atoms with E-state index in [1.165, 1.54) is 0 Å². The van der Waals surface area contributed by atoms with Crippen molar-refractivity contribution in [1.82, 2.24) is 14.5 Å². The van der Waals surface area contributed by atoms with E-state index < -0.39 is 0 Å². The Bertz CT molecular complexity index is 696. The van der Waals surface area contributed by atoms with Gasteiger partial charge in [-0.15, -0.1) is 0 Å². The molecule has 6 heteroatoms. The summed E-state index contributed by atoms with van der Waals surface area (Å²) in [6, 6.07) is 8.07. The summed E-state index contributed by atoms with van der Waals surface area (Å²) in [5, 5.41) is 5.35. The molecule has 0 bridgehead atoms. The molecule has 0 fully saturated rings. The van der Waals surface area contributed by atoms with Gasteiger partial charge in [-0.25, -0.2) is 4.45 Å². The van der Waals surface area contributed by atoms with Crippen LogP contribution in [0.15, 0.2) is 42.9 Å². The van der Waals surface area contributed by atoms with Crippen molar-refractivity contribution in [2.45, 2.75) is 0 Å². The molecule has 0 saturated heterocycles. The van der Waals surface area contributed by atoms with Crippen molar-refractivity contribution in [3.8, 4) is 11.1 Å². The molecule has 4 nitrogen and oxygen atoms in total. The topological polar surface area (TPSA) is 56.7 Å². The minimum absolute atomic E-state index is 0.566. The van der Waals surface area contributed by atoms with Crippen molar-refractivity contribution < 1.29 is 0 Å². The largest absolute Gasteiger partial charge is 0.398 e. The third-order valence-electron chi connectivity index (χ3n) is 2.81. The smallest absolute Gasteiger partial charge is 0.0756 e. The van der Waals surface area contributed by atoms with Gasteiger partial charge in [-0.2, -0.15) is 5.10 Å². The first-order valence-corrected chi connectivity index (χ1v) is 9.40. The first kappa shape index (κ1) is 11.9. The number of fused-ring (bicyclic) bond motifs is 1. The molecular weight excluding hydrogens is 358 g/mol. The van der Waals surface area contributed by atoms with Gasteiger partial charge in [-0.3, -0.25) is 4.98 Å². The van der Waals surface area contributed by atoms with Gasteiger partial charge in [0.1, 0.15) is 0 Å². The highest BCUT2D eigenvalue weighted by Gasteiger charge is 2.08. The van der Waals surface area contributed by atoms with Crippen LogP contribution in [-0.4, -0.2) is 14.5 Å². The minimum Gasteiger partial charge on any atom is -0.398 e. The SMILES string of the molecule is Nc1cc(-c2ccncc2)cc2c1cnn2PI. The van der Waals surface area contributed by atoms with Gasteiger partial charge in [-0.05, 0) is 57.4 Å². The first-order valence-electron chi connectivity index (χ1n) is 5.34. The van der Waals surface area contributed by atoms with E-state index in [4.69, 9.17) is 5.73 Å². The van der Waals surface area contributed by atoms with Crippen LogP contribution in [0.4, 0.5) is 5.69 Å². The molecule has 0 radical (unpaired) electrons. The lowest BCUT2D eigenvalue weighted by Gasteiger charge is -2.05. The molecule has 0 amide bonds. The first-order chi connectivity index (χ1) is 8.79. The van der Waals surface area contributed by atoms with E-state index in [1.807, 2.05) is 28.8 Å². The molecular formula is C12H10IN4P. The number of hydrogen-bond acceptors (Lipinski definition) is 3. The summed E-state index contributed by atoms with van der Waals surface area (Å²) in [7, 11) is 0. The number of nitrogens with zero attached hydrogens (tertiary/aromatic N) is 3. The number of rotatable bonds is 2. The number of halogens is 1. The predicted molar refractivity (Wildman–Crippen MR) is 85.1 cm³/mol. The zero-order valence-corrected chi connectivity index (χ0v) is 12.5. The highest BCUT2D eigenvalue weighted by atomic mass is 127. The number of nitrogens with two attached hydrogens (primary N) is 1. The zero-order valence-electron chi connectivity index (χ0n) is 9.34. The molecule has 3 aromatic rings. The molecule has 0 aliphatic heterocycles. The van der Waals surface area contributed by atoms with Gasteiger partial charge in [0.2, 0.25) is 0 Å². The highest BCUT2D eigenvalue weighted by molar-refractivity contribution is 14.2. The number of hydrogen-bond donors (Lipinski definition) is 1. The van der Waals surface area contributed by atoms with E-state index >= 15 is 0 Å². The molecule has 1 atom stereocenters. The van der Waals surface area contributed by atoms with Crippen molar-refractivity contribution in [2.24, 2.45) is 0 Å². The van der Waals surface area contributed by atoms with Gasteiger partial charge in [0, 0.05) is 23.5 Å². The van der Waals surface area contributed by atoms with E-state index in [9.17, 15) is 0 Å². The van der Waals surface area contributed by atoms with Crippen molar-refractivity contribution in [3.63, 3.8) is 0 Å². The molecule has 0 spiro atoms. The van der Waals surface area contributed by atoms with Gasteiger partial charge in [0.15, 0.2) is 0 Å². The molecule has 3 rings (SSSR count). The van der Waals surface area contributed by atoms with E-state index in [2.05, 4.69) is 38.2 Å². The fourth-order valence-electron chi connectivity index (χ4n) is 1.93. The molecule has 0 aliphatic rings. The lowest BCUT2D eigenvalue weighted by molar-refractivity contribution is 1.04. The van der Waals surface area contributed by atoms with Crippen molar-refractivity contribution in [2.75, 3.05) is 5.73 Å². The van der Waals surface area contributed by atoms with Crippen LogP contribution in [0.25, 0.3) is 22.0 Å². The van der Waals surface area contributed by atoms with Crippen LogP contribution in [-0.2, 0) is 0 Å². The Morgan fingerprint density at radius 1 is 1.17 bits per heavy atom. The molecule has 18 heavy (non-hydrogen) atoms. The Morgan fingerprint density at radius 2 is 1.94 bits per heavy atom. The van der Waals surface area contributed by atoms with Gasteiger partial charge >= 0.3 is 0 Å². The Balaban J connectivity index is 2.26. The quantitative estimate of drug-likeness (QED) is 0.428. The lowest BCUT2D eigenvalue weighted by atomic mass is 10.0. The van der Waals surface area contributed by atoms with Gasteiger partial charge in [0.25, 0.3) is 0 Å².